The Morgan fingerprint density at radius 3 is 2.79 bits per heavy atom. The molecule has 1 N–H and O–H groups in total. The van der Waals surface area contributed by atoms with Gasteiger partial charge in [-0.15, -0.1) is 0 Å². The van der Waals surface area contributed by atoms with Gasteiger partial charge in [-0.25, -0.2) is 0 Å². The summed E-state index contributed by atoms with van der Waals surface area (Å²) in [7, 11) is 0. The summed E-state index contributed by atoms with van der Waals surface area (Å²) < 4.78 is 0. The molecule has 0 aromatic heterocycles. The number of rotatable bonds is 3. The second kappa shape index (κ2) is 5.16. The predicted octanol–water partition coefficient (Wildman–Crippen LogP) is 2.91. The summed E-state index contributed by atoms with van der Waals surface area (Å²) in [6.45, 7) is 0.978. The molecule has 1 saturated carbocycles. The van der Waals surface area contributed by atoms with Gasteiger partial charge in [0.1, 0.15) is 0 Å². The van der Waals surface area contributed by atoms with Gasteiger partial charge in [-0.2, -0.15) is 0 Å². The molecule has 75 valence electrons. The third-order valence-corrected chi connectivity index (χ3v) is 2.96. The summed E-state index contributed by atoms with van der Waals surface area (Å²) in [5.74, 6) is 0. The van der Waals surface area contributed by atoms with Crippen LogP contribution in [0.2, 0.25) is 0 Å². The predicted molar refractivity (Wildman–Crippen MR) is 59.0 cm³/mol. The van der Waals surface area contributed by atoms with E-state index in [0.29, 0.717) is 0 Å². The van der Waals surface area contributed by atoms with Gasteiger partial charge in [0.15, 0.2) is 0 Å². The molecule has 0 heterocycles. The van der Waals surface area contributed by atoms with Gasteiger partial charge in [0.25, 0.3) is 0 Å². The third-order valence-electron chi connectivity index (χ3n) is 2.96. The molecule has 1 aromatic carbocycles. The molecule has 0 spiro atoms. The minimum absolute atomic E-state index is 0.748. The number of benzene rings is 1. The molecule has 1 nitrogen and oxygen atoms in total. The molecular formula is C13H18N. The minimum Gasteiger partial charge on any atom is -0.310 e. The van der Waals surface area contributed by atoms with Gasteiger partial charge in [-0.3, -0.25) is 0 Å². The highest BCUT2D eigenvalue weighted by atomic mass is 14.9. The van der Waals surface area contributed by atoms with Crippen LogP contribution in [0, 0.1) is 6.07 Å². The first-order valence-electron chi connectivity index (χ1n) is 5.64. The van der Waals surface area contributed by atoms with Gasteiger partial charge < -0.3 is 5.32 Å². The first-order chi connectivity index (χ1) is 6.95. The molecule has 1 heteroatoms. The highest BCUT2D eigenvalue weighted by Gasteiger charge is 2.11. The molecule has 0 bridgehead atoms. The van der Waals surface area contributed by atoms with E-state index < -0.39 is 0 Å². The van der Waals surface area contributed by atoms with Gasteiger partial charge in [-0.05, 0) is 24.5 Å². The average Bonchev–Trinajstić information content (AvgIpc) is 2.29. The summed E-state index contributed by atoms with van der Waals surface area (Å²) >= 11 is 0. The van der Waals surface area contributed by atoms with Gasteiger partial charge in [0, 0.05) is 12.6 Å². The fourth-order valence-electron chi connectivity index (χ4n) is 2.10. The molecule has 2 rings (SSSR count). The highest BCUT2D eigenvalue weighted by molar-refractivity contribution is 5.12. The van der Waals surface area contributed by atoms with Crippen molar-refractivity contribution >= 4 is 0 Å². The first kappa shape index (κ1) is 9.72. The molecule has 0 amide bonds. The lowest BCUT2D eigenvalue weighted by molar-refractivity contribution is 0.372. The van der Waals surface area contributed by atoms with Crippen molar-refractivity contribution in [3.05, 3.63) is 35.9 Å². The van der Waals surface area contributed by atoms with Gasteiger partial charge >= 0.3 is 0 Å². The van der Waals surface area contributed by atoms with Crippen molar-refractivity contribution in [2.24, 2.45) is 0 Å². The topological polar surface area (TPSA) is 12.0 Å². The fourth-order valence-corrected chi connectivity index (χ4v) is 2.10. The van der Waals surface area contributed by atoms with E-state index in [1.54, 1.807) is 0 Å². The second-order valence-corrected chi connectivity index (χ2v) is 4.10. The molecule has 0 aliphatic heterocycles. The molecule has 0 atom stereocenters. The lowest BCUT2D eigenvalue weighted by Crippen LogP contribution is -2.30. The van der Waals surface area contributed by atoms with Crippen molar-refractivity contribution in [3.8, 4) is 0 Å². The van der Waals surface area contributed by atoms with Crippen molar-refractivity contribution in [1.82, 2.24) is 5.32 Å². The lowest BCUT2D eigenvalue weighted by atomic mass is 9.95. The van der Waals surface area contributed by atoms with Crippen LogP contribution in [0.4, 0.5) is 0 Å². The molecular weight excluding hydrogens is 170 g/mol. The highest BCUT2D eigenvalue weighted by Crippen LogP contribution is 2.17. The van der Waals surface area contributed by atoms with Crippen LogP contribution in [0.15, 0.2) is 24.3 Å². The largest absolute Gasteiger partial charge is 0.310 e. The Morgan fingerprint density at radius 1 is 1.21 bits per heavy atom. The van der Waals surface area contributed by atoms with Crippen molar-refractivity contribution in [2.75, 3.05) is 0 Å². The average molecular weight is 188 g/mol. The standard InChI is InChI=1S/C13H18N/c1-3-7-12(8-4-1)11-14-13-9-5-2-6-10-13/h1,3-4,7,13-14H,2,5-6,9-11H2. The fraction of sp³-hybridized carbons (Fsp3) is 0.538. The molecule has 1 aromatic rings. The van der Waals surface area contributed by atoms with E-state index >= 15 is 0 Å². The van der Waals surface area contributed by atoms with E-state index in [4.69, 9.17) is 0 Å². The summed E-state index contributed by atoms with van der Waals surface area (Å²) in [5, 5.41) is 3.61. The van der Waals surface area contributed by atoms with Crippen LogP contribution >= 0.6 is 0 Å². The van der Waals surface area contributed by atoms with Gasteiger partial charge in [-0.1, -0.05) is 43.5 Å². The SMILES string of the molecule is [c]1ccccc1CNC1CCCCC1. The van der Waals surface area contributed by atoms with Crippen molar-refractivity contribution < 1.29 is 0 Å². The van der Waals surface area contributed by atoms with E-state index in [0.717, 1.165) is 12.6 Å². The van der Waals surface area contributed by atoms with Crippen LogP contribution < -0.4 is 5.32 Å². The van der Waals surface area contributed by atoms with Crippen molar-refractivity contribution in [3.63, 3.8) is 0 Å². The maximum Gasteiger partial charge on any atom is 0.0214 e. The van der Waals surface area contributed by atoms with Gasteiger partial charge in [0.2, 0.25) is 0 Å². The summed E-state index contributed by atoms with van der Waals surface area (Å²) in [6, 6.07) is 12.2. The van der Waals surface area contributed by atoms with Crippen molar-refractivity contribution in [2.45, 2.75) is 44.7 Å². The third kappa shape index (κ3) is 2.85. The molecule has 0 saturated heterocycles. The van der Waals surface area contributed by atoms with Crippen LogP contribution in [-0.4, -0.2) is 6.04 Å². The molecule has 1 aliphatic rings. The Morgan fingerprint density at radius 2 is 2.07 bits per heavy atom. The zero-order valence-corrected chi connectivity index (χ0v) is 8.63. The Balaban J connectivity index is 1.76. The second-order valence-electron chi connectivity index (χ2n) is 4.10. The zero-order chi connectivity index (χ0) is 9.64. The summed E-state index contributed by atoms with van der Waals surface area (Å²) in [5.41, 5.74) is 1.28. The quantitative estimate of drug-likeness (QED) is 0.769. The zero-order valence-electron chi connectivity index (χ0n) is 8.63. The van der Waals surface area contributed by atoms with E-state index in [9.17, 15) is 0 Å². The number of hydrogen-bond acceptors (Lipinski definition) is 1. The van der Waals surface area contributed by atoms with Gasteiger partial charge in [0.05, 0.1) is 0 Å². The molecule has 1 radical (unpaired) electrons. The molecule has 0 unspecified atom stereocenters. The Bertz CT molecular complexity index is 249. The van der Waals surface area contributed by atoms with E-state index in [-0.39, 0.29) is 0 Å². The molecule has 14 heavy (non-hydrogen) atoms. The number of nitrogens with one attached hydrogen (secondary N) is 1. The monoisotopic (exact) mass is 188 g/mol. The normalized spacial score (nSPS) is 18.3. The Labute approximate surface area is 86.5 Å². The van der Waals surface area contributed by atoms with Crippen LogP contribution in [0.25, 0.3) is 0 Å². The van der Waals surface area contributed by atoms with Crippen LogP contribution in [-0.2, 0) is 6.54 Å². The van der Waals surface area contributed by atoms with E-state index in [1.807, 2.05) is 12.1 Å². The Hall–Kier alpha value is -0.820. The minimum atomic E-state index is 0.748. The van der Waals surface area contributed by atoms with E-state index in [2.05, 4.69) is 23.5 Å². The van der Waals surface area contributed by atoms with Crippen LogP contribution in [0.3, 0.4) is 0 Å². The smallest absolute Gasteiger partial charge is 0.0214 e. The van der Waals surface area contributed by atoms with Crippen molar-refractivity contribution in [1.29, 1.82) is 0 Å². The molecule has 1 aliphatic carbocycles. The van der Waals surface area contributed by atoms with E-state index in [1.165, 1.54) is 37.7 Å². The summed E-state index contributed by atoms with van der Waals surface area (Å²) in [6.07, 6.45) is 6.93. The maximum atomic E-state index is 3.61. The first-order valence-corrected chi connectivity index (χ1v) is 5.64. The lowest BCUT2D eigenvalue weighted by Gasteiger charge is -2.22. The number of hydrogen-bond donors (Lipinski definition) is 1. The van der Waals surface area contributed by atoms with Crippen LogP contribution in [0.5, 0.6) is 0 Å². The molecule has 1 fully saturated rings. The van der Waals surface area contributed by atoms with Crippen LogP contribution in [0.1, 0.15) is 37.7 Å². The maximum absolute atomic E-state index is 3.61. The summed E-state index contributed by atoms with van der Waals surface area (Å²) in [4.78, 5) is 0. The Kier molecular flexibility index (Phi) is 3.58.